The minimum Gasteiger partial charge on any atom is -0.438 e. The molecule has 0 bridgehead atoms. The highest BCUT2D eigenvalue weighted by molar-refractivity contribution is 7.19. The molecule has 0 amide bonds. The summed E-state index contributed by atoms with van der Waals surface area (Å²) >= 11 is 1.75. The average Bonchev–Trinajstić information content (AvgIpc) is 3.23. The molecule has 3 heterocycles. The van der Waals surface area contributed by atoms with E-state index in [2.05, 4.69) is 0 Å². The van der Waals surface area contributed by atoms with Crippen molar-refractivity contribution in [3.8, 4) is 11.6 Å². The van der Waals surface area contributed by atoms with Gasteiger partial charge in [0.2, 0.25) is 5.88 Å². The third kappa shape index (κ3) is 3.42. The number of quaternary nitrogens is 1. The minimum absolute atomic E-state index is 0.314. The predicted molar refractivity (Wildman–Crippen MR) is 101 cm³/mol. The lowest BCUT2D eigenvalue weighted by Crippen LogP contribution is -3.12. The summed E-state index contributed by atoms with van der Waals surface area (Å²) < 4.78 is 25.1. The standard InChI is InChI=1S/C20H20FN3O2S/c21-13-3-1-4-14(11-13)26-19-18-15-5-2-6-16(15)27-20(18)23-17(22-19)12-24-7-9-25-10-8-24/h1,3-4,11H,2,5-10,12H2/p+1. The number of fused-ring (bicyclic) bond motifs is 3. The molecule has 3 aromatic rings. The molecule has 0 atom stereocenters. The summed E-state index contributed by atoms with van der Waals surface area (Å²) in [6, 6.07) is 6.22. The van der Waals surface area contributed by atoms with Crippen molar-refractivity contribution in [2.75, 3.05) is 26.3 Å². The molecule has 0 spiro atoms. The zero-order valence-electron chi connectivity index (χ0n) is 15.0. The number of thiophene rings is 1. The molecular weight excluding hydrogens is 365 g/mol. The van der Waals surface area contributed by atoms with Gasteiger partial charge in [0.25, 0.3) is 0 Å². The van der Waals surface area contributed by atoms with Crippen LogP contribution in [0, 0.1) is 5.82 Å². The zero-order valence-corrected chi connectivity index (χ0v) is 15.8. The molecular formula is C20H21FN3O2S+. The van der Waals surface area contributed by atoms with Gasteiger partial charge in [-0.05, 0) is 37.0 Å². The Balaban J connectivity index is 1.55. The fourth-order valence-corrected chi connectivity index (χ4v) is 5.13. The maximum Gasteiger partial charge on any atom is 0.231 e. The molecule has 1 aliphatic heterocycles. The van der Waals surface area contributed by atoms with Crippen molar-refractivity contribution < 1.29 is 18.8 Å². The normalized spacial score (nSPS) is 17.4. The molecule has 1 aliphatic carbocycles. The van der Waals surface area contributed by atoms with Gasteiger partial charge in [-0.1, -0.05) is 6.07 Å². The van der Waals surface area contributed by atoms with Crippen LogP contribution in [0.25, 0.3) is 10.2 Å². The van der Waals surface area contributed by atoms with E-state index in [0.717, 1.165) is 68.2 Å². The van der Waals surface area contributed by atoms with Crippen LogP contribution in [-0.2, 0) is 24.1 Å². The van der Waals surface area contributed by atoms with Crippen molar-refractivity contribution in [2.24, 2.45) is 0 Å². The Bertz CT molecular complexity index is 985. The molecule has 2 aliphatic rings. The molecule has 2 aromatic heterocycles. The minimum atomic E-state index is -0.314. The van der Waals surface area contributed by atoms with E-state index in [1.54, 1.807) is 23.5 Å². The number of aryl methyl sites for hydroxylation is 2. The van der Waals surface area contributed by atoms with E-state index in [0.29, 0.717) is 11.6 Å². The fourth-order valence-electron chi connectivity index (χ4n) is 3.86. The van der Waals surface area contributed by atoms with Crippen LogP contribution < -0.4 is 9.64 Å². The molecule has 27 heavy (non-hydrogen) atoms. The van der Waals surface area contributed by atoms with Gasteiger partial charge in [0, 0.05) is 10.9 Å². The number of ether oxygens (including phenoxy) is 2. The van der Waals surface area contributed by atoms with E-state index in [1.165, 1.54) is 27.5 Å². The van der Waals surface area contributed by atoms with Crippen LogP contribution >= 0.6 is 11.3 Å². The molecule has 5 rings (SSSR count). The van der Waals surface area contributed by atoms with Crippen molar-refractivity contribution in [3.63, 3.8) is 0 Å². The number of morpholine rings is 1. The number of halogens is 1. The second-order valence-electron chi connectivity index (χ2n) is 7.08. The first-order valence-corrected chi connectivity index (χ1v) is 10.2. The number of nitrogens with zero attached hydrogens (tertiary/aromatic N) is 2. The van der Waals surface area contributed by atoms with E-state index in [4.69, 9.17) is 19.4 Å². The van der Waals surface area contributed by atoms with E-state index in [-0.39, 0.29) is 5.82 Å². The van der Waals surface area contributed by atoms with Crippen molar-refractivity contribution in [3.05, 3.63) is 46.3 Å². The third-order valence-electron chi connectivity index (χ3n) is 5.20. The second kappa shape index (κ2) is 7.14. The number of hydrogen-bond donors (Lipinski definition) is 1. The zero-order chi connectivity index (χ0) is 18.2. The maximum absolute atomic E-state index is 13.6. The van der Waals surface area contributed by atoms with Gasteiger partial charge in [0.05, 0.1) is 18.6 Å². The van der Waals surface area contributed by atoms with Crippen LogP contribution in [0.5, 0.6) is 11.6 Å². The third-order valence-corrected chi connectivity index (χ3v) is 6.38. The van der Waals surface area contributed by atoms with E-state index in [1.807, 2.05) is 0 Å². The highest BCUT2D eigenvalue weighted by atomic mass is 32.1. The summed E-state index contributed by atoms with van der Waals surface area (Å²) in [7, 11) is 0. The highest BCUT2D eigenvalue weighted by Crippen LogP contribution is 2.41. The van der Waals surface area contributed by atoms with Crippen molar-refractivity contribution >= 4 is 21.6 Å². The molecule has 0 unspecified atom stereocenters. The molecule has 1 saturated heterocycles. The van der Waals surface area contributed by atoms with Gasteiger partial charge in [-0.2, -0.15) is 4.98 Å². The smallest absolute Gasteiger partial charge is 0.231 e. The first-order chi connectivity index (χ1) is 13.3. The Morgan fingerprint density at radius 3 is 2.93 bits per heavy atom. The maximum atomic E-state index is 13.6. The Labute approximate surface area is 160 Å². The molecule has 1 N–H and O–H groups in total. The molecule has 1 aromatic carbocycles. The van der Waals surface area contributed by atoms with Crippen LogP contribution in [0.3, 0.4) is 0 Å². The molecule has 0 saturated carbocycles. The topological polar surface area (TPSA) is 48.7 Å². The summed E-state index contributed by atoms with van der Waals surface area (Å²) in [6.45, 7) is 4.22. The quantitative estimate of drug-likeness (QED) is 0.749. The number of benzene rings is 1. The van der Waals surface area contributed by atoms with Crippen LogP contribution in [-0.4, -0.2) is 36.3 Å². The van der Waals surface area contributed by atoms with E-state index in [9.17, 15) is 4.39 Å². The Hall–Kier alpha value is -2.09. The van der Waals surface area contributed by atoms with Gasteiger partial charge >= 0.3 is 0 Å². The van der Waals surface area contributed by atoms with Crippen LogP contribution in [0.4, 0.5) is 4.39 Å². The largest absolute Gasteiger partial charge is 0.438 e. The first-order valence-electron chi connectivity index (χ1n) is 9.42. The fraction of sp³-hybridized carbons (Fsp3) is 0.400. The number of rotatable bonds is 4. The van der Waals surface area contributed by atoms with Crippen molar-refractivity contribution in [1.82, 2.24) is 9.97 Å². The van der Waals surface area contributed by atoms with Gasteiger partial charge in [-0.3, -0.25) is 0 Å². The second-order valence-corrected chi connectivity index (χ2v) is 8.16. The van der Waals surface area contributed by atoms with Crippen LogP contribution in [0.2, 0.25) is 0 Å². The first kappa shape index (κ1) is 17.0. The van der Waals surface area contributed by atoms with E-state index < -0.39 is 0 Å². The number of nitrogens with one attached hydrogen (secondary N) is 1. The average molecular weight is 386 g/mol. The van der Waals surface area contributed by atoms with Crippen LogP contribution in [0.15, 0.2) is 24.3 Å². The molecule has 7 heteroatoms. The van der Waals surface area contributed by atoms with Crippen molar-refractivity contribution in [2.45, 2.75) is 25.8 Å². The molecule has 140 valence electrons. The summed E-state index contributed by atoms with van der Waals surface area (Å²) in [5, 5.41) is 1.01. The van der Waals surface area contributed by atoms with Crippen LogP contribution in [0.1, 0.15) is 22.7 Å². The van der Waals surface area contributed by atoms with Gasteiger partial charge in [0.15, 0.2) is 5.82 Å². The number of hydrogen-bond acceptors (Lipinski definition) is 5. The lowest BCUT2D eigenvalue weighted by atomic mass is 10.2. The van der Waals surface area contributed by atoms with Gasteiger partial charge < -0.3 is 14.4 Å². The highest BCUT2D eigenvalue weighted by Gasteiger charge is 2.25. The lowest BCUT2D eigenvalue weighted by Gasteiger charge is -2.23. The molecule has 5 nitrogen and oxygen atoms in total. The van der Waals surface area contributed by atoms with E-state index >= 15 is 0 Å². The van der Waals surface area contributed by atoms with Crippen molar-refractivity contribution in [1.29, 1.82) is 0 Å². The summed E-state index contributed by atoms with van der Waals surface area (Å²) in [5.74, 6) is 1.50. The van der Waals surface area contributed by atoms with Gasteiger partial charge in [-0.25, -0.2) is 9.37 Å². The SMILES string of the molecule is Fc1cccc(Oc2nc(C[NH+]3CCOCC3)nc3sc4c(c23)CCC4)c1. The predicted octanol–water partition coefficient (Wildman–Crippen LogP) is 2.53. The molecule has 1 fully saturated rings. The Morgan fingerprint density at radius 2 is 2.07 bits per heavy atom. The van der Waals surface area contributed by atoms with Gasteiger partial charge in [0.1, 0.15) is 36.0 Å². The summed E-state index contributed by atoms with van der Waals surface area (Å²) in [4.78, 5) is 13.4. The lowest BCUT2D eigenvalue weighted by molar-refractivity contribution is -0.922. The Morgan fingerprint density at radius 1 is 1.19 bits per heavy atom. The summed E-state index contributed by atoms with van der Waals surface area (Å²) in [5.41, 5.74) is 1.31. The summed E-state index contributed by atoms with van der Waals surface area (Å²) in [6.07, 6.45) is 3.29. The number of aromatic nitrogens is 2. The molecule has 0 radical (unpaired) electrons. The monoisotopic (exact) mass is 386 g/mol. The Kier molecular flexibility index (Phi) is 4.51. The van der Waals surface area contributed by atoms with Gasteiger partial charge in [-0.15, -0.1) is 11.3 Å².